The van der Waals surface area contributed by atoms with Crippen LogP contribution in [0.5, 0.6) is 0 Å². The number of rotatable bonds is 3. The molecule has 0 radical (unpaired) electrons. The molecule has 6 heteroatoms. The van der Waals surface area contributed by atoms with Gasteiger partial charge in [0, 0.05) is 12.7 Å². The molecule has 2 N–H and O–H groups in total. The van der Waals surface area contributed by atoms with Crippen LogP contribution in [0.3, 0.4) is 0 Å². The molecule has 0 spiro atoms. The minimum atomic E-state index is -0.463. The molecule has 0 saturated carbocycles. The molecule has 110 valence electrons. The summed E-state index contributed by atoms with van der Waals surface area (Å²) in [4.78, 5) is 24.4. The van der Waals surface area contributed by atoms with Gasteiger partial charge in [-0.05, 0) is 37.1 Å². The first-order valence-electron chi connectivity index (χ1n) is 6.49. The molecular weight excluding hydrogens is 270 g/mol. The van der Waals surface area contributed by atoms with Gasteiger partial charge in [0.1, 0.15) is 5.56 Å². The fourth-order valence-electron chi connectivity index (χ4n) is 2.00. The molecule has 1 heterocycles. The van der Waals surface area contributed by atoms with Crippen LogP contribution in [-0.2, 0) is 13.7 Å². The molecule has 1 aromatic heterocycles. The number of aryl methyl sites for hydroxylation is 2. The van der Waals surface area contributed by atoms with Gasteiger partial charge in [0.15, 0.2) is 0 Å². The molecule has 0 saturated heterocycles. The summed E-state index contributed by atoms with van der Waals surface area (Å²) in [6, 6.07) is 6.77. The molecule has 0 unspecified atom stereocenters. The average Bonchev–Trinajstić information content (AvgIpc) is 2.46. The zero-order valence-corrected chi connectivity index (χ0v) is 12.2. The second kappa shape index (κ2) is 5.88. The monoisotopic (exact) mass is 287 g/mol. The topological polar surface area (TPSA) is 84.2 Å². The quantitative estimate of drug-likeness (QED) is 0.886. The molecule has 0 atom stereocenters. The highest BCUT2D eigenvalue weighted by Crippen LogP contribution is 2.12. The van der Waals surface area contributed by atoms with Gasteiger partial charge in [-0.3, -0.25) is 9.59 Å². The van der Waals surface area contributed by atoms with Gasteiger partial charge in [0.05, 0.1) is 12.3 Å². The van der Waals surface area contributed by atoms with Gasteiger partial charge in [-0.15, -0.1) is 0 Å². The lowest BCUT2D eigenvalue weighted by molar-refractivity contribution is 0.102. The smallest absolute Gasteiger partial charge is 0.279 e. The Kier molecular flexibility index (Phi) is 4.18. The van der Waals surface area contributed by atoms with Crippen molar-refractivity contribution in [2.24, 2.45) is 7.05 Å². The van der Waals surface area contributed by atoms with Crippen molar-refractivity contribution < 1.29 is 9.90 Å². The zero-order chi connectivity index (χ0) is 15.6. The molecule has 6 nitrogen and oxygen atoms in total. The first-order chi connectivity index (χ1) is 9.93. The number of nitrogens with zero attached hydrogens (tertiary/aromatic N) is 2. The van der Waals surface area contributed by atoms with E-state index < -0.39 is 11.5 Å². The Morgan fingerprint density at radius 1 is 1.29 bits per heavy atom. The lowest BCUT2D eigenvalue weighted by Gasteiger charge is -2.10. The normalized spacial score (nSPS) is 10.5. The van der Waals surface area contributed by atoms with Crippen LogP contribution in [0.1, 0.15) is 27.2 Å². The minimum absolute atomic E-state index is 0.0581. The Bertz CT molecular complexity index is 733. The Labute approximate surface area is 122 Å². The fourth-order valence-corrected chi connectivity index (χ4v) is 2.00. The summed E-state index contributed by atoms with van der Waals surface area (Å²) in [6.45, 7) is 3.40. The lowest BCUT2D eigenvalue weighted by Crippen LogP contribution is -2.31. The molecule has 0 aliphatic heterocycles. The fraction of sp³-hybridized carbons (Fsp3) is 0.267. The number of nitrogens with one attached hydrogen (secondary N) is 1. The largest absolute Gasteiger partial charge is 0.392 e. The van der Waals surface area contributed by atoms with Crippen LogP contribution in [0, 0.1) is 13.8 Å². The molecule has 0 fully saturated rings. The van der Waals surface area contributed by atoms with E-state index in [0.29, 0.717) is 16.9 Å². The third-order valence-corrected chi connectivity index (χ3v) is 3.35. The standard InChI is InChI=1S/C15H17N3O3/c1-9-10(2)17-18(3)15(21)13(9)14(20)16-12-6-4-11(8-19)5-7-12/h4-7,19H,8H2,1-3H3,(H,16,20). The Balaban J connectivity index is 2.34. The lowest BCUT2D eigenvalue weighted by atomic mass is 10.1. The number of carbonyl (C=O) groups is 1. The molecule has 0 aliphatic carbocycles. The molecule has 0 aliphatic rings. The maximum absolute atomic E-state index is 12.3. The first-order valence-corrected chi connectivity index (χ1v) is 6.49. The summed E-state index contributed by atoms with van der Waals surface area (Å²) in [5, 5.41) is 15.7. The van der Waals surface area contributed by atoms with E-state index in [1.54, 1.807) is 38.1 Å². The summed E-state index contributed by atoms with van der Waals surface area (Å²) in [5.74, 6) is -0.463. The van der Waals surface area contributed by atoms with Crippen molar-refractivity contribution in [1.29, 1.82) is 0 Å². The summed E-state index contributed by atoms with van der Waals surface area (Å²) in [6.07, 6.45) is 0. The highest BCUT2D eigenvalue weighted by molar-refractivity contribution is 6.05. The van der Waals surface area contributed by atoms with Crippen molar-refractivity contribution in [2.75, 3.05) is 5.32 Å². The van der Waals surface area contributed by atoms with Crippen LogP contribution < -0.4 is 10.9 Å². The number of hydrogen-bond donors (Lipinski definition) is 2. The van der Waals surface area contributed by atoms with Crippen molar-refractivity contribution in [1.82, 2.24) is 9.78 Å². The van der Waals surface area contributed by atoms with E-state index in [1.165, 1.54) is 7.05 Å². The van der Waals surface area contributed by atoms with E-state index in [0.717, 1.165) is 10.2 Å². The van der Waals surface area contributed by atoms with Gasteiger partial charge in [-0.1, -0.05) is 12.1 Å². The summed E-state index contributed by atoms with van der Waals surface area (Å²) >= 11 is 0. The van der Waals surface area contributed by atoms with E-state index in [4.69, 9.17) is 5.11 Å². The van der Waals surface area contributed by atoms with Crippen molar-refractivity contribution in [3.8, 4) is 0 Å². The van der Waals surface area contributed by atoms with Crippen molar-refractivity contribution >= 4 is 11.6 Å². The number of hydrogen-bond acceptors (Lipinski definition) is 4. The second-order valence-electron chi connectivity index (χ2n) is 4.82. The average molecular weight is 287 g/mol. The predicted molar refractivity (Wildman–Crippen MR) is 79.3 cm³/mol. The number of carbonyl (C=O) groups excluding carboxylic acids is 1. The van der Waals surface area contributed by atoms with Gasteiger partial charge >= 0.3 is 0 Å². The van der Waals surface area contributed by atoms with Gasteiger partial charge < -0.3 is 10.4 Å². The number of amides is 1. The number of benzene rings is 1. The first kappa shape index (κ1) is 14.9. The third-order valence-electron chi connectivity index (χ3n) is 3.35. The number of anilines is 1. The Morgan fingerprint density at radius 2 is 1.90 bits per heavy atom. The summed E-state index contributed by atoms with van der Waals surface area (Å²) in [5.41, 5.74) is 2.19. The second-order valence-corrected chi connectivity index (χ2v) is 4.82. The molecule has 0 bridgehead atoms. The van der Waals surface area contributed by atoms with Gasteiger partial charge in [0.25, 0.3) is 11.5 Å². The van der Waals surface area contributed by atoms with E-state index in [2.05, 4.69) is 10.4 Å². The van der Waals surface area contributed by atoms with E-state index in [9.17, 15) is 9.59 Å². The molecule has 1 amide bonds. The van der Waals surface area contributed by atoms with E-state index in [1.807, 2.05) is 0 Å². The summed E-state index contributed by atoms with van der Waals surface area (Å²) in [7, 11) is 1.52. The van der Waals surface area contributed by atoms with Crippen LogP contribution in [0.25, 0.3) is 0 Å². The van der Waals surface area contributed by atoms with Crippen molar-refractivity contribution in [2.45, 2.75) is 20.5 Å². The molecule has 1 aromatic carbocycles. The maximum Gasteiger partial charge on any atom is 0.279 e. The molecular formula is C15H17N3O3. The minimum Gasteiger partial charge on any atom is -0.392 e. The van der Waals surface area contributed by atoms with Crippen molar-refractivity contribution in [3.05, 3.63) is 57.0 Å². The maximum atomic E-state index is 12.3. The third kappa shape index (κ3) is 3.00. The van der Waals surface area contributed by atoms with Crippen LogP contribution >= 0.6 is 0 Å². The summed E-state index contributed by atoms with van der Waals surface area (Å²) < 4.78 is 1.16. The Hall–Kier alpha value is -2.47. The Morgan fingerprint density at radius 3 is 2.48 bits per heavy atom. The highest BCUT2D eigenvalue weighted by atomic mass is 16.3. The van der Waals surface area contributed by atoms with E-state index >= 15 is 0 Å². The van der Waals surface area contributed by atoms with Crippen LogP contribution in [0.15, 0.2) is 29.1 Å². The van der Waals surface area contributed by atoms with Crippen molar-refractivity contribution in [3.63, 3.8) is 0 Å². The number of aliphatic hydroxyl groups excluding tert-OH is 1. The number of aliphatic hydroxyl groups is 1. The molecule has 21 heavy (non-hydrogen) atoms. The number of aromatic nitrogens is 2. The SMILES string of the molecule is Cc1nn(C)c(=O)c(C(=O)Nc2ccc(CO)cc2)c1C. The van der Waals surface area contributed by atoms with Gasteiger partial charge in [-0.2, -0.15) is 5.10 Å². The molecule has 2 rings (SSSR count). The predicted octanol–water partition coefficient (Wildman–Crippen LogP) is 1.14. The van der Waals surface area contributed by atoms with E-state index in [-0.39, 0.29) is 12.2 Å². The van der Waals surface area contributed by atoms with Gasteiger partial charge in [-0.25, -0.2) is 4.68 Å². The van der Waals surface area contributed by atoms with Crippen LogP contribution in [0.4, 0.5) is 5.69 Å². The van der Waals surface area contributed by atoms with Gasteiger partial charge in [0.2, 0.25) is 0 Å². The molecule has 2 aromatic rings. The van der Waals surface area contributed by atoms with Crippen LogP contribution in [0.2, 0.25) is 0 Å². The van der Waals surface area contributed by atoms with Crippen LogP contribution in [-0.4, -0.2) is 20.8 Å². The highest BCUT2D eigenvalue weighted by Gasteiger charge is 2.17. The zero-order valence-electron chi connectivity index (χ0n) is 12.2.